The molecular weight excluding hydrogens is 276 g/mol. The highest BCUT2D eigenvalue weighted by atomic mass is 16.6. The quantitative estimate of drug-likeness (QED) is 0.642. The van der Waals surface area contributed by atoms with Crippen LogP contribution in [-0.2, 0) is 6.54 Å². The summed E-state index contributed by atoms with van der Waals surface area (Å²) in [6.07, 6.45) is 0. The molecule has 22 heavy (non-hydrogen) atoms. The lowest BCUT2D eigenvalue weighted by molar-refractivity contribution is -0.527. The van der Waals surface area contributed by atoms with E-state index in [0.717, 1.165) is 18.7 Å². The molecule has 4 nitrogen and oxygen atoms in total. The molecule has 1 fully saturated rings. The van der Waals surface area contributed by atoms with Crippen LogP contribution in [0.25, 0.3) is 0 Å². The third-order valence-electron chi connectivity index (χ3n) is 4.61. The third-order valence-corrected chi connectivity index (χ3v) is 4.61. The van der Waals surface area contributed by atoms with E-state index in [-0.39, 0.29) is 16.9 Å². The Hall–Kier alpha value is -2.20. The summed E-state index contributed by atoms with van der Waals surface area (Å²) in [5.41, 5.74) is 2.26. The molecule has 3 atom stereocenters. The molecule has 0 spiro atoms. The third kappa shape index (κ3) is 2.88. The summed E-state index contributed by atoms with van der Waals surface area (Å²) in [5.74, 6) is -0.0464. The number of nitro groups is 1. The van der Waals surface area contributed by atoms with Crippen LogP contribution in [0.5, 0.6) is 0 Å². The number of benzene rings is 2. The van der Waals surface area contributed by atoms with Crippen molar-refractivity contribution >= 4 is 0 Å². The van der Waals surface area contributed by atoms with Gasteiger partial charge in [0.05, 0.1) is 12.0 Å². The maximum atomic E-state index is 11.6. The second kappa shape index (κ2) is 6.28. The zero-order chi connectivity index (χ0) is 15.5. The molecule has 114 valence electrons. The van der Waals surface area contributed by atoms with Crippen molar-refractivity contribution in [2.75, 3.05) is 6.54 Å². The predicted molar refractivity (Wildman–Crippen MR) is 86.3 cm³/mol. The first-order chi connectivity index (χ1) is 10.7. The Kier molecular flexibility index (Phi) is 4.20. The second-order valence-corrected chi connectivity index (χ2v) is 5.95. The first kappa shape index (κ1) is 14.7. The molecule has 0 saturated carbocycles. The van der Waals surface area contributed by atoms with Crippen LogP contribution in [0.1, 0.15) is 24.0 Å². The van der Waals surface area contributed by atoms with Gasteiger partial charge in [-0.2, -0.15) is 0 Å². The largest absolute Gasteiger partial charge is 0.289 e. The first-order valence-corrected chi connectivity index (χ1v) is 7.63. The maximum absolute atomic E-state index is 11.6. The van der Waals surface area contributed by atoms with E-state index in [1.807, 2.05) is 55.5 Å². The van der Waals surface area contributed by atoms with Crippen molar-refractivity contribution in [1.29, 1.82) is 0 Å². The van der Waals surface area contributed by atoms with Gasteiger partial charge in [-0.15, -0.1) is 0 Å². The molecule has 0 amide bonds. The van der Waals surface area contributed by atoms with Crippen LogP contribution in [0.3, 0.4) is 0 Å². The van der Waals surface area contributed by atoms with Crippen LogP contribution in [0, 0.1) is 10.1 Å². The average molecular weight is 296 g/mol. The Morgan fingerprint density at radius 3 is 2.27 bits per heavy atom. The number of likely N-dealkylation sites (tertiary alicyclic amines) is 1. The van der Waals surface area contributed by atoms with E-state index < -0.39 is 6.04 Å². The Bertz CT molecular complexity index is 630. The summed E-state index contributed by atoms with van der Waals surface area (Å²) in [6.45, 7) is 3.46. The van der Waals surface area contributed by atoms with Gasteiger partial charge in [-0.25, -0.2) is 0 Å². The molecule has 1 heterocycles. The van der Waals surface area contributed by atoms with Crippen molar-refractivity contribution in [2.45, 2.75) is 31.5 Å². The lowest BCUT2D eigenvalue weighted by Crippen LogP contribution is -2.36. The minimum atomic E-state index is -0.550. The summed E-state index contributed by atoms with van der Waals surface area (Å²) >= 11 is 0. The normalized spacial score (nSPS) is 25.2. The Morgan fingerprint density at radius 2 is 1.68 bits per heavy atom. The van der Waals surface area contributed by atoms with Gasteiger partial charge in [-0.1, -0.05) is 60.7 Å². The second-order valence-electron chi connectivity index (χ2n) is 5.95. The van der Waals surface area contributed by atoms with E-state index in [1.54, 1.807) is 0 Å². The Balaban J connectivity index is 1.84. The van der Waals surface area contributed by atoms with Gasteiger partial charge in [-0.05, 0) is 18.1 Å². The standard InChI is InChI=1S/C18H20N2O2/c1-14-18(20(21)22)17(16-10-6-3-7-11-16)13-19(14)12-15-8-4-2-5-9-15/h2-11,14,17-18H,12-13H2,1H3. The number of rotatable bonds is 4. The fourth-order valence-corrected chi connectivity index (χ4v) is 3.43. The first-order valence-electron chi connectivity index (χ1n) is 7.63. The molecule has 1 saturated heterocycles. The van der Waals surface area contributed by atoms with E-state index in [9.17, 15) is 10.1 Å². The van der Waals surface area contributed by atoms with Crippen LogP contribution in [0.15, 0.2) is 60.7 Å². The Labute approximate surface area is 130 Å². The average Bonchev–Trinajstić information content (AvgIpc) is 2.86. The summed E-state index contributed by atoms with van der Waals surface area (Å²) in [7, 11) is 0. The molecule has 2 aromatic carbocycles. The van der Waals surface area contributed by atoms with Crippen LogP contribution >= 0.6 is 0 Å². The molecule has 0 N–H and O–H groups in total. The van der Waals surface area contributed by atoms with Gasteiger partial charge in [0.2, 0.25) is 6.04 Å². The number of hydrogen-bond donors (Lipinski definition) is 0. The summed E-state index contributed by atoms with van der Waals surface area (Å²) < 4.78 is 0. The molecule has 1 aliphatic heterocycles. The van der Waals surface area contributed by atoms with Crippen molar-refractivity contribution in [3.8, 4) is 0 Å². The molecule has 0 bridgehead atoms. The van der Waals surface area contributed by atoms with Gasteiger partial charge in [0.25, 0.3) is 0 Å². The molecule has 3 unspecified atom stereocenters. The van der Waals surface area contributed by atoms with Crippen LogP contribution in [0.4, 0.5) is 0 Å². The van der Waals surface area contributed by atoms with E-state index in [2.05, 4.69) is 17.0 Å². The van der Waals surface area contributed by atoms with Crippen molar-refractivity contribution in [2.24, 2.45) is 0 Å². The topological polar surface area (TPSA) is 46.4 Å². The fourth-order valence-electron chi connectivity index (χ4n) is 3.43. The smallest absolute Gasteiger partial charge is 0.236 e. The van der Waals surface area contributed by atoms with Crippen LogP contribution < -0.4 is 0 Å². The summed E-state index contributed by atoms with van der Waals surface area (Å²) in [5, 5.41) is 11.6. The zero-order valence-corrected chi connectivity index (χ0v) is 12.6. The van der Waals surface area contributed by atoms with Gasteiger partial charge in [0.1, 0.15) is 0 Å². The van der Waals surface area contributed by atoms with E-state index >= 15 is 0 Å². The number of nitrogens with zero attached hydrogens (tertiary/aromatic N) is 2. The number of hydrogen-bond acceptors (Lipinski definition) is 3. The van der Waals surface area contributed by atoms with Gasteiger partial charge in [-0.3, -0.25) is 15.0 Å². The minimum absolute atomic E-state index is 0.0464. The molecule has 0 radical (unpaired) electrons. The van der Waals surface area contributed by atoms with Crippen LogP contribution in [-0.4, -0.2) is 28.5 Å². The monoisotopic (exact) mass is 296 g/mol. The minimum Gasteiger partial charge on any atom is -0.289 e. The highest BCUT2D eigenvalue weighted by molar-refractivity contribution is 5.24. The lowest BCUT2D eigenvalue weighted by atomic mass is 9.92. The molecular formula is C18H20N2O2. The predicted octanol–water partition coefficient (Wildman–Crippen LogP) is 3.32. The van der Waals surface area contributed by atoms with Gasteiger partial charge in [0, 0.05) is 18.0 Å². The van der Waals surface area contributed by atoms with Crippen LogP contribution in [0.2, 0.25) is 0 Å². The van der Waals surface area contributed by atoms with Crippen molar-refractivity contribution in [3.63, 3.8) is 0 Å². The molecule has 4 heteroatoms. The van der Waals surface area contributed by atoms with E-state index in [4.69, 9.17) is 0 Å². The van der Waals surface area contributed by atoms with Gasteiger partial charge >= 0.3 is 0 Å². The summed E-state index contributed by atoms with van der Waals surface area (Å²) in [6, 6.07) is 19.4. The van der Waals surface area contributed by atoms with Crippen molar-refractivity contribution in [1.82, 2.24) is 4.90 Å². The maximum Gasteiger partial charge on any atom is 0.236 e. The molecule has 1 aliphatic rings. The highest BCUT2D eigenvalue weighted by Crippen LogP contribution is 2.34. The van der Waals surface area contributed by atoms with Gasteiger partial charge < -0.3 is 0 Å². The van der Waals surface area contributed by atoms with Crippen molar-refractivity contribution < 1.29 is 4.92 Å². The van der Waals surface area contributed by atoms with Gasteiger partial charge in [0.15, 0.2) is 0 Å². The Morgan fingerprint density at radius 1 is 1.09 bits per heavy atom. The molecule has 3 rings (SSSR count). The van der Waals surface area contributed by atoms with E-state index in [0.29, 0.717) is 0 Å². The van der Waals surface area contributed by atoms with E-state index in [1.165, 1.54) is 5.56 Å². The fraction of sp³-hybridized carbons (Fsp3) is 0.333. The molecule has 2 aromatic rings. The van der Waals surface area contributed by atoms with Crippen molar-refractivity contribution in [3.05, 3.63) is 81.9 Å². The molecule has 0 aliphatic carbocycles. The highest BCUT2D eigenvalue weighted by Gasteiger charge is 2.47. The zero-order valence-electron chi connectivity index (χ0n) is 12.6. The molecule has 0 aromatic heterocycles. The lowest BCUT2D eigenvalue weighted by Gasteiger charge is -2.20. The summed E-state index contributed by atoms with van der Waals surface area (Å²) in [4.78, 5) is 13.7. The SMILES string of the molecule is CC1C([N+](=O)[O-])C(c2ccccc2)CN1Cc1ccccc1.